The average Bonchev–Trinajstić information content (AvgIpc) is 2.86. The Balaban J connectivity index is 2.02. The Hall–Kier alpha value is -2.15. The third kappa shape index (κ3) is 5.19. The van der Waals surface area contributed by atoms with Gasteiger partial charge in [0.1, 0.15) is 0 Å². The zero-order valence-electron chi connectivity index (χ0n) is 12.8. The van der Waals surface area contributed by atoms with E-state index >= 15 is 0 Å². The predicted octanol–water partition coefficient (Wildman–Crippen LogP) is 1.80. The number of carboxylic acid groups (broad SMARTS) is 2. The van der Waals surface area contributed by atoms with Crippen molar-refractivity contribution in [1.82, 2.24) is 10.1 Å². The zero-order chi connectivity index (χ0) is 17.7. The normalized spacial score (nSPS) is 13.9. The van der Waals surface area contributed by atoms with Gasteiger partial charge in [-0.25, -0.2) is 5.09 Å². The van der Waals surface area contributed by atoms with E-state index in [2.05, 4.69) is 10.1 Å². The first-order chi connectivity index (χ1) is 11.3. The number of carboxylic acids is 2. The van der Waals surface area contributed by atoms with Crippen molar-refractivity contribution in [2.75, 3.05) is 6.16 Å². The number of rotatable bonds is 9. The van der Waals surface area contributed by atoms with Gasteiger partial charge in [0.2, 0.25) is 0 Å². The number of aromatic nitrogens is 1. The molecule has 1 aromatic heterocycles. The number of fused-ring (bicyclic) bond motifs is 1. The summed E-state index contributed by atoms with van der Waals surface area (Å²) in [5.41, 5.74) is 1.79. The molecule has 0 aliphatic rings. The lowest BCUT2D eigenvalue weighted by atomic mass is 10.1. The van der Waals surface area contributed by atoms with Crippen LogP contribution in [0.4, 0.5) is 0 Å². The minimum absolute atomic E-state index is 0.120. The smallest absolute Gasteiger partial charge is 0.304 e. The van der Waals surface area contributed by atoms with Crippen LogP contribution < -0.4 is 5.09 Å². The van der Waals surface area contributed by atoms with Crippen LogP contribution in [0.25, 0.3) is 10.9 Å². The van der Waals surface area contributed by atoms with E-state index in [1.807, 2.05) is 24.3 Å². The topological polar surface area (TPSA) is 140 Å². The lowest BCUT2D eigenvalue weighted by molar-refractivity contribution is -0.139. The van der Waals surface area contributed by atoms with Crippen LogP contribution in [-0.2, 0) is 20.6 Å². The highest BCUT2D eigenvalue weighted by atomic mass is 31.2. The summed E-state index contributed by atoms with van der Waals surface area (Å²) in [6.07, 6.45) is 0.868. The monoisotopic (exact) mass is 354 g/mol. The van der Waals surface area contributed by atoms with Crippen LogP contribution in [-0.4, -0.2) is 44.2 Å². The molecule has 8 nitrogen and oxygen atoms in total. The highest BCUT2D eigenvalue weighted by molar-refractivity contribution is 7.55. The molecule has 130 valence electrons. The van der Waals surface area contributed by atoms with Crippen molar-refractivity contribution in [3.05, 3.63) is 36.0 Å². The van der Waals surface area contributed by atoms with Crippen LogP contribution >= 0.6 is 7.52 Å². The SMILES string of the molecule is O=C(O)CC(CC(=O)O)NP(=O)(O)CCc1c[nH]c2ccccc12. The van der Waals surface area contributed by atoms with E-state index in [1.54, 1.807) is 6.20 Å². The number of aliphatic carboxylic acids is 2. The fourth-order valence-electron chi connectivity index (χ4n) is 2.55. The highest BCUT2D eigenvalue weighted by Gasteiger charge is 2.26. The second kappa shape index (κ2) is 7.61. The van der Waals surface area contributed by atoms with Crippen molar-refractivity contribution in [2.45, 2.75) is 25.3 Å². The van der Waals surface area contributed by atoms with Crippen LogP contribution in [0, 0.1) is 0 Å². The van der Waals surface area contributed by atoms with E-state index in [9.17, 15) is 19.0 Å². The number of aryl methyl sites for hydroxylation is 1. The van der Waals surface area contributed by atoms with Gasteiger partial charge < -0.3 is 20.1 Å². The van der Waals surface area contributed by atoms with Crippen molar-refractivity contribution < 1.29 is 29.3 Å². The van der Waals surface area contributed by atoms with Crippen LogP contribution in [0.2, 0.25) is 0 Å². The minimum atomic E-state index is -3.87. The third-order valence-corrected chi connectivity index (χ3v) is 5.18. The molecule has 9 heteroatoms. The van der Waals surface area contributed by atoms with Crippen molar-refractivity contribution >= 4 is 30.4 Å². The predicted molar refractivity (Wildman–Crippen MR) is 88.1 cm³/mol. The molecule has 2 rings (SSSR count). The van der Waals surface area contributed by atoms with Gasteiger partial charge in [-0.15, -0.1) is 0 Å². The summed E-state index contributed by atoms with van der Waals surface area (Å²) >= 11 is 0. The van der Waals surface area contributed by atoms with E-state index in [0.29, 0.717) is 6.42 Å². The molecule has 1 aromatic carbocycles. The first-order valence-corrected chi connectivity index (χ1v) is 9.19. The van der Waals surface area contributed by atoms with Gasteiger partial charge in [0, 0.05) is 29.3 Å². The molecule has 0 saturated heterocycles. The fourth-order valence-corrected chi connectivity index (χ4v) is 3.97. The number of para-hydroxylation sites is 1. The van der Waals surface area contributed by atoms with Gasteiger partial charge >= 0.3 is 11.9 Å². The van der Waals surface area contributed by atoms with Gasteiger partial charge in [-0.2, -0.15) is 0 Å². The summed E-state index contributed by atoms with van der Waals surface area (Å²) in [7, 11) is -3.87. The molecule has 0 amide bonds. The van der Waals surface area contributed by atoms with Crippen molar-refractivity contribution in [3.63, 3.8) is 0 Å². The van der Waals surface area contributed by atoms with Crippen LogP contribution in [0.5, 0.6) is 0 Å². The third-order valence-electron chi connectivity index (χ3n) is 3.59. The highest BCUT2D eigenvalue weighted by Crippen LogP contribution is 2.38. The Labute approximate surface area is 138 Å². The summed E-state index contributed by atoms with van der Waals surface area (Å²) in [6, 6.07) is 6.44. The second-order valence-corrected chi connectivity index (χ2v) is 7.66. The van der Waals surface area contributed by atoms with Gasteiger partial charge in [0.25, 0.3) is 7.52 Å². The Kier molecular flexibility index (Phi) is 5.77. The molecule has 0 saturated carbocycles. The summed E-state index contributed by atoms with van der Waals surface area (Å²) in [4.78, 5) is 34.6. The van der Waals surface area contributed by atoms with Crippen molar-refractivity contribution in [2.24, 2.45) is 0 Å². The number of nitrogens with one attached hydrogen (secondary N) is 2. The number of H-pyrrole nitrogens is 1. The molecule has 1 unspecified atom stereocenters. The van der Waals surface area contributed by atoms with E-state index in [4.69, 9.17) is 10.2 Å². The largest absolute Gasteiger partial charge is 0.481 e. The Morgan fingerprint density at radius 1 is 1.17 bits per heavy atom. The lowest BCUT2D eigenvalue weighted by Crippen LogP contribution is -2.32. The molecule has 0 bridgehead atoms. The van der Waals surface area contributed by atoms with Gasteiger partial charge in [0.15, 0.2) is 0 Å². The summed E-state index contributed by atoms with van der Waals surface area (Å²) in [5.74, 6) is -2.46. The zero-order valence-corrected chi connectivity index (χ0v) is 13.7. The second-order valence-electron chi connectivity index (χ2n) is 5.56. The van der Waals surface area contributed by atoms with Crippen LogP contribution in [0.3, 0.4) is 0 Å². The molecule has 1 atom stereocenters. The van der Waals surface area contributed by atoms with Crippen LogP contribution in [0.15, 0.2) is 30.5 Å². The van der Waals surface area contributed by atoms with Gasteiger partial charge in [-0.1, -0.05) is 18.2 Å². The maximum atomic E-state index is 12.3. The Bertz CT molecular complexity index is 771. The molecule has 24 heavy (non-hydrogen) atoms. The van der Waals surface area contributed by atoms with E-state index in [0.717, 1.165) is 16.5 Å². The summed E-state index contributed by atoms with van der Waals surface area (Å²) in [6.45, 7) is 0. The van der Waals surface area contributed by atoms with Gasteiger partial charge in [-0.3, -0.25) is 14.2 Å². The molecule has 0 aliphatic heterocycles. The number of hydrogen-bond acceptors (Lipinski definition) is 3. The quantitative estimate of drug-likeness (QED) is 0.433. The first-order valence-electron chi connectivity index (χ1n) is 7.35. The van der Waals surface area contributed by atoms with Gasteiger partial charge in [-0.05, 0) is 18.1 Å². The lowest BCUT2D eigenvalue weighted by Gasteiger charge is -2.19. The van der Waals surface area contributed by atoms with Crippen molar-refractivity contribution in [1.29, 1.82) is 0 Å². The molecule has 0 fully saturated rings. The number of carbonyl (C=O) groups is 2. The number of hydrogen-bond donors (Lipinski definition) is 5. The maximum absolute atomic E-state index is 12.3. The number of benzene rings is 1. The maximum Gasteiger partial charge on any atom is 0.304 e. The van der Waals surface area contributed by atoms with Crippen molar-refractivity contribution in [3.8, 4) is 0 Å². The first kappa shape index (κ1) is 18.2. The Morgan fingerprint density at radius 3 is 2.42 bits per heavy atom. The average molecular weight is 354 g/mol. The van der Waals surface area contributed by atoms with E-state index in [-0.39, 0.29) is 6.16 Å². The Morgan fingerprint density at radius 2 is 1.79 bits per heavy atom. The fraction of sp³-hybridized carbons (Fsp3) is 0.333. The molecule has 2 aromatic rings. The summed E-state index contributed by atoms with van der Waals surface area (Å²) in [5, 5.41) is 20.8. The number of aromatic amines is 1. The standard InChI is InChI=1S/C15H19N2O6P/c18-14(19)7-11(8-15(20)21)17-24(22,23)6-5-10-9-16-13-4-2-1-3-12(10)13/h1-4,9,11,16H,5-8H2,(H,18,19)(H,20,21)(H2,17,22,23). The molecule has 1 heterocycles. The minimum Gasteiger partial charge on any atom is -0.481 e. The summed E-state index contributed by atoms with van der Waals surface area (Å²) < 4.78 is 12.3. The molecule has 0 spiro atoms. The van der Waals surface area contributed by atoms with Crippen LogP contribution in [0.1, 0.15) is 18.4 Å². The molecular weight excluding hydrogens is 335 g/mol. The van der Waals surface area contributed by atoms with E-state index < -0.39 is 38.3 Å². The molecule has 5 N–H and O–H groups in total. The molecule has 0 radical (unpaired) electrons. The molecule has 0 aliphatic carbocycles. The molecular formula is C15H19N2O6P. The van der Waals surface area contributed by atoms with E-state index in [1.165, 1.54) is 0 Å². The van der Waals surface area contributed by atoms with Gasteiger partial charge in [0.05, 0.1) is 12.8 Å².